The summed E-state index contributed by atoms with van der Waals surface area (Å²) in [5.41, 5.74) is 3.29. The molecule has 5 nitrogen and oxygen atoms in total. The molecule has 1 amide bonds. The minimum atomic E-state index is -0.135. The monoisotopic (exact) mass is 403 g/mol. The molecule has 0 aliphatic heterocycles. The largest absolute Gasteiger partial charge is 0.334 e. The highest BCUT2D eigenvalue weighted by atomic mass is 35.5. The van der Waals surface area contributed by atoms with Gasteiger partial charge in [0, 0.05) is 11.4 Å². The summed E-state index contributed by atoms with van der Waals surface area (Å²) >= 11 is 5.90. The fourth-order valence-corrected chi connectivity index (χ4v) is 3.10. The molecule has 0 bridgehead atoms. The summed E-state index contributed by atoms with van der Waals surface area (Å²) in [5.74, 6) is 0.829. The Morgan fingerprint density at radius 2 is 1.62 bits per heavy atom. The van der Waals surface area contributed by atoms with Gasteiger partial charge in [0.2, 0.25) is 5.91 Å². The third kappa shape index (κ3) is 4.89. The second-order valence-corrected chi connectivity index (χ2v) is 7.01. The molecule has 0 aliphatic carbocycles. The van der Waals surface area contributed by atoms with Crippen molar-refractivity contribution in [2.24, 2.45) is 0 Å². The van der Waals surface area contributed by atoms with Crippen LogP contribution in [0, 0.1) is 0 Å². The van der Waals surface area contributed by atoms with Gasteiger partial charge in [0.15, 0.2) is 5.82 Å². The molecule has 0 saturated carbocycles. The van der Waals surface area contributed by atoms with E-state index in [0.717, 1.165) is 11.1 Å². The van der Waals surface area contributed by atoms with Crippen LogP contribution in [0.25, 0.3) is 11.5 Å². The SMILES string of the molecule is O=C(Cc1ccc(Cl)cc1)Nc1ccccc1-c1nc(Cc2ccccc2)no1. The summed E-state index contributed by atoms with van der Waals surface area (Å²) in [6.07, 6.45) is 0.823. The Morgan fingerprint density at radius 1 is 0.897 bits per heavy atom. The van der Waals surface area contributed by atoms with E-state index in [-0.39, 0.29) is 12.3 Å². The number of carbonyl (C=O) groups excluding carboxylic acids is 1. The van der Waals surface area contributed by atoms with E-state index in [1.54, 1.807) is 12.1 Å². The fraction of sp³-hybridized carbons (Fsp3) is 0.0870. The van der Waals surface area contributed by atoms with Gasteiger partial charge in [-0.1, -0.05) is 71.4 Å². The Labute approximate surface area is 173 Å². The molecule has 144 valence electrons. The second-order valence-electron chi connectivity index (χ2n) is 6.58. The van der Waals surface area contributed by atoms with Crippen molar-refractivity contribution < 1.29 is 9.32 Å². The van der Waals surface area contributed by atoms with E-state index in [9.17, 15) is 4.79 Å². The molecule has 1 aromatic heterocycles. The van der Waals surface area contributed by atoms with Crippen molar-refractivity contribution in [3.05, 3.63) is 101 Å². The first-order chi connectivity index (χ1) is 14.2. The first-order valence-corrected chi connectivity index (χ1v) is 9.55. The van der Waals surface area contributed by atoms with Crippen LogP contribution in [0.4, 0.5) is 5.69 Å². The zero-order chi connectivity index (χ0) is 20.1. The Bertz CT molecular complexity index is 1110. The predicted molar refractivity (Wildman–Crippen MR) is 113 cm³/mol. The predicted octanol–water partition coefficient (Wildman–Crippen LogP) is 5.16. The molecule has 0 fully saturated rings. The molecule has 1 heterocycles. The highest BCUT2D eigenvalue weighted by Crippen LogP contribution is 2.27. The summed E-state index contributed by atoms with van der Waals surface area (Å²) in [6.45, 7) is 0. The number of aromatic nitrogens is 2. The van der Waals surface area contributed by atoms with Gasteiger partial charge in [-0.15, -0.1) is 0 Å². The molecule has 0 aliphatic rings. The van der Waals surface area contributed by atoms with Crippen LogP contribution >= 0.6 is 11.6 Å². The molecule has 1 N–H and O–H groups in total. The minimum Gasteiger partial charge on any atom is -0.334 e. The molecule has 29 heavy (non-hydrogen) atoms. The number of halogens is 1. The van der Waals surface area contributed by atoms with E-state index in [4.69, 9.17) is 16.1 Å². The Morgan fingerprint density at radius 3 is 2.41 bits per heavy atom. The van der Waals surface area contributed by atoms with Gasteiger partial charge >= 0.3 is 0 Å². The normalized spacial score (nSPS) is 10.7. The molecule has 3 aromatic carbocycles. The van der Waals surface area contributed by atoms with Crippen LogP contribution in [-0.4, -0.2) is 16.0 Å². The number of amides is 1. The molecule has 0 unspecified atom stereocenters. The van der Waals surface area contributed by atoms with Crippen LogP contribution in [0.2, 0.25) is 5.02 Å². The minimum absolute atomic E-state index is 0.135. The van der Waals surface area contributed by atoms with Crippen LogP contribution < -0.4 is 5.32 Å². The van der Waals surface area contributed by atoms with Crippen LogP contribution in [0.15, 0.2) is 83.4 Å². The zero-order valence-corrected chi connectivity index (χ0v) is 16.3. The first kappa shape index (κ1) is 18.9. The van der Waals surface area contributed by atoms with Crippen LogP contribution in [0.3, 0.4) is 0 Å². The van der Waals surface area contributed by atoms with Crippen LogP contribution in [0.5, 0.6) is 0 Å². The lowest BCUT2D eigenvalue weighted by molar-refractivity contribution is -0.115. The van der Waals surface area contributed by atoms with E-state index < -0.39 is 0 Å². The maximum Gasteiger partial charge on any atom is 0.260 e. The summed E-state index contributed by atoms with van der Waals surface area (Å²) < 4.78 is 5.45. The third-order valence-corrected chi connectivity index (χ3v) is 4.63. The molecule has 6 heteroatoms. The lowest BCUT2D eigenvalue weighted by atomic mass is 10.1. The molecular formula is C23H18ClN3O2. The highest BCUT2D eigenvalue weighted by Gasteiger charge is 2.15. The first-order valence-electron chi connectivity index (χ1n) is 9.17. The van der Waals surface area contributed by atoms with Crippen molar-refractivity contribution in [1.82, 2.24) is 10.1 Å². The van der Waals surface area contributed by atoms with Crippen molar-refractivity contribution in [3.63, 3.8) is 0 Å². The molecule has 4 aromatic rings. The maximum absolute atomic E-state index is 12.5. The van der Waals surface area contributed by atoms with Crippen LogP contribution in [-0.2, 0) is 17.6 Å². The topological polar surface area (TPSA) is 68.0 Å². The maximum atomic E-state index is 12.5. The van der Waals surface area contributed by atoms with Gasteiger partial charge in [0.1, 0.15) is 0 Å². The van der Waals surface area contributed by atoms with Crippen molar-refractivity contribution in [3.8, 4) is 11.5 Å². The second kappa shape index (κ2) is 8.71. The average Bonchev–Trinajstić information content (AvgIpc) is 3.19. The number of benzene rings is 3. The number of carbonyl (C=O) groups is 1. The third-order valence-electron chi connectivity index (χ3n) is 4.38. The number of nitrogens with one attached hydrogen (secondary N) is 1. The molecule has 0 atom stereocenters. The van der Waals surface area contributed by atoms with E-state index in [0.29, 0.717) is 34.4 Å². The number of rotatable bonds is 6. The van der Waals surface area contributed by atoms with Gasteiger partial charge in [-0.05, 0) is 35.4 Å². The van der Waals surface area contributed by atoms with Crippen molar-refractivity contribution in [1.29, 1.82) is 0 Å². The molecule has 0 saturated heterocycles. The van der Waals surface area contributed by atoms with Gasteiger partial charge in [0.25, 0.3) is 5.89 Å². The summed E-state index contributed by atoms with van der Waals surface area (Å²) in [7, 11) is 0. The van der Waals surface area contributed by atoms with E-state index in [2.05, 4.69) is 15.5 Å². The summed E-state index contributed by atoms with van der Waals surface area (Å²) in [4.78, 5) is 17.0. The number of para-hydroxylation sites is 1. The number of hydrogen-bond acceptors (Lipinski definition) is 4. The molecule has 0 spiro atoms. The van der Waals surface area contributed by atoms with Gasteiger partial charge in [-0.25, -0.2) is 0 Å². The average molecular weight is 404 g/mol. The lowest BCUT2D eigenvalue weighted by Crippen LogP contribution is -2.15. The van der Waals surface area contributed by atoms with E-state index >= 15 is 0 Å². The molecular weight excluding hydrogens is 386 g/mol. The van der Waals surface area contributed by atoms with Gasteiger partial charge in [-0.3, -0.25) is 4.79 Å². The lowest BCUT2D eigenvalue weighted by Gasteiger charge is -2.08. The smallest absolute Gasteiger partial charge is 0.260 e. The number of anilines is 1. The fourth-order valence-electron chi connectivity index (χ4n) is 2.97. The quantitative estimate of drug-likeness (QED) is 0.482. The Hall–Kier alpha value is -3.44. The highest BCUT2D eigenvalue weighted by molar-refractivity contribution is 6.30. The van der Waals surface area contributed by atoms with Gasteiger partial charge in [0.05, 0.1) is 17.7 Å². The number of hydrogen-bond donors (Lipinski definition) is 1. The Balaban J connectivity index is 1.49. The van der Waals surface area contributed by atoms with Crippen molar-refractivity contribution in [2.45, 2.75) is 12.8 Å². The summed E-state index contributed by atoms with van der Waals surface area (Å²) in [6, 6.07) is 24.5. The van der Waals surface area contributed by atoms with E-state index in [1.807, 2.05) is 66.7 Å². The number of nitrogens with zero attached hydrogens (tertiary/aromatic N) is 2. The van der Waals surface area contributed by atoms with Crippen LogP contribution in [0.1, 0.15) is 17.0 Å². The van der Waals surface area contributed by atoms with E-state index in [1.165, 1.54) is 0 Å². The Kier molecular flexibility index (Phi) is 5.68. The molecule has 0 radical (unpaired) electrons. The molecule has 4 rings (SSSR count). The van der Waals surface area contributed by atoms with Gasteiger partial charge in [-0.2, -0.15) is 4.98 Å². The van der Waals surface area contributed by atoms with Gasteiger partial charge < -0.3 is 9.84 Å². The summed E-state index contributed by atoms with van der Waals surface area (Å²) in [5, 5.41) is 7.65. The zero-order valence-electron chi connectivity index (χ0n) is 15.5. The standard InChI is InChI=1S/C23H18ClN3O2/c24-18-12-10-17(11-13-18)15-22(28)25-20-9-5-4-8-19(20)23-26-21(27-29-23)14-16-6-2-1-3-7-16/h1-13H,14-15H2,(H,25,28). The van der Waals surface area contributed by atoms with Crippen molar-refractivity contribution >= 4 is 23.2 Å². The van der Waals surface area contributed by atoms with Crippen molar-refractivity contribution in [2.75, 3.05) is 5.32 Å².